The van der Waals surface area contributed by atoms with Crippen LogP contribution in [0.25, 0.3) is 0 Å². The average molecular weight is 270 g/mol. The third kappa shape index (κ3) is 3.38. The molecule has 0 aromatic carbocycles. The zero-order chi connectivity index (χ0) is 13.0. The van der Waals surface area contributed by atoms with E-state index in [1.807, 2.05) is 7.05 Å². The van der Waals surface area contributed by atoms with Gasteiger partial charge in [0.25, 0.3) is 0 Å². The van der Waals surface area contributed by atoms with Gasteiger partial charge in [-0.05, 0) is 12.8 Å². The van der Waals surface area contributed by atoms with Gasteiger partial charge < -0.3 is 10.6 Å². The molecule has 1 fully saturated rings. The molecule has 0 amide bonds. The number of aliphatic imine (C=N–C) groups is 1. The Kier molecular flexibility index (Phi) is 4.47. The number of nitrogens with two attached hydrogens (primary N) is 1. The summed E-state index contributed by atoms with van der Waals surface area (Å²) in [6, 6.07) is 0. The minimum atomic E-state index is 0.446. The first-order valence-electron chi connectivity index (χ1n) is 6.39. The van der Waals surface area contributed by atoms with Crippen LogP contribution in [0.3, 0.4) is 0 Å². The van der Waals surface area contributed by atoms with Gasteiger partial charge in [0.05, 0.1) is 11.6 Å². The minimum absolute atomic E-state index is 0.446. The molecular weight excluding hydrogens is 250 g/mol. The highest BCUT2D eigenvalue weighted by atomic mass is 35.5. The molecule has 6 heteroatoms. The van der Waals surface area contributed by atoms with Gasteiger partial charge in [0.15, 0.2) is 5.96 Å². The van der Waals surface area contributed by atoms with E-state index in [0.29, 0.717) is 17.5 Å². The van der Waals surface area contributed by atoms with Crippen molar-refractivity contribution in [1.82, 2.24) is 14.7 Å². The van der Waals surface area contributed by atoms with E-state index in [-0.39, 0.29) is 0 Å². The van der Waals surface area contributed by atoms with Crippen LogP contribution in [0.5, 0.6) is 0 Å². The predicted octanol–water partition coefficient (Wildman–Crippen LogP) is 1.76. The van der Waals surface area contributed by atoms with Gasteiger partial charge in [0.1, 0.15) is 5.69 Å². The van der Waals surface area contributed by atoms with E-state index in [4.69, 9.17) is 17.3 Å². The van der Waals surface area contributed by atoms with E-state index in [0.717, 1.165) is 18.8 Å². The largest absolute Gasteiger partial charge is 0.370 e. The molecule has 0 spiro atoms. The van der Waals surface area contributed by atoms with Crippen LogP contribution in [0.15, 0.2) is 11.2 Å². The summed E-state index contributed by atoms with van der Waals surface area (Å²) in [6.45, 7) is 2.46. The van der Waals surface area contributed by atoms with Gasteiger partial charge in [-0.1, -0.05) is 24.4 Å². The Balaban J connectivity index is 1.97. The fourth-order valence-electron chi connectivity index (χ4n) is 2.17. The van der Waals surface area contributed by atoms with E-state index in [1.54, 1.807) is 10.9 Å². The third-order valence-electron chi connectivity index (χ3n) is 3.18. The lowest BCUT2D eigenvalue weighted by Gasteiger charge is -2.20. The average Bonchev–Trinajstić information content (AvgIpc) is 2.59. The minimum Gasteiger partial charge on any atom is -0.370 e. The number of hydrogen-bond donors (Lipinski definition) is 1. The summed E-state index contributed by atoms with van der Waals surface area (Å²) in [4.78, 5) is 6.55. The molecule has 2 heterocycles. The van der Waals surface area contributed by atoms with Crippen molar-refractivity contribution >= 4 is 17.6 Å². The topological polar surface area (TPSA) is 59.4 Å². The molecule has 1 aliphatic heterocycles. The number of nitrogens with zero attached hydrogens (tertiary/aromatic N) is 4. The Labute approximate surface area is 113 Å². The van der Waals surface area contributed by atoms with Crippen LogP contribution in [0.2, 0.25) is 5.02 Å². The summed E-state index contributed by atoms with van der Waals surface area (Å²) in [6.07, 6.45) is 6.74. The van der Waals surface area contributed by atoms with Gasteiger partial charge in [-0.2, -0.15) is 5.10 Å². The van der Waals surface area contributed by atoms with Crippen molar-refractivity contribution in [3.05, 3.63) is 16.9 Å². The number of halogens is 1. The highest BCUT2D eigenvalue weighted by Crippen LogP contribution is 2.14. The van der Waals surface area contributed by atoms with E-state index >= 15 is 0 Å². The van der Waals surface area contributed by atoms with Crippen molar-refractivity contribution in [2.45, 2.75) is 32.2 Å². The molecule has 0 bridgehead atoms. The Morgan fingerprint density at radius 2 is 2.06 bits per heavy atom. The molecule has 1 aromatic heterocycles. The lowest BCUT2D eigenvalue weighted by atomic mass is 10.2. The lowest BCUT2D eigenvalue weighted by Crippen LogP contribution is -2.38. The molecule has 0 radical (unpaired) electrons. The normalized spacial score (nSPS) is 17.9. The van der Waals surface area contributed by atoms with Crippen LogP contribution in [-0.4, -0.2) is 33.7 Å². The van der Waals surface area contributed by atoms with E-state index in [9.17, 15) is 0 Å². The van der Waals surface area contributed by atoms with E-state index < -0.39 is 0 Å². The van der Waals surface area contributed by atoms with Gasteiger partial charge in [0, 0.05) is 26.3 Å². The second-order valence-corrected chi connectivity index (χ2v) is 5.08. The molecule has 2 rings (SSSR count). The molecule has 5 nitrogen and oxygen atoms in total. The fraction of sp³-hybridized carbons (Fsp3) is 0.667. The molecule has 100 valence electrons. The molecule has 1 aliphatic rings. The summed E-state index contributed by atoms with van der Waals surface area (Å²) in [5.74, 6) is 0.610. The van der Waals surface area contributed by atoms with E-state index in [1.165, 1.54) is 25.7 Å². The molecule has 1 aromatic rings. The highest BCUT2D eigenvalue weighted by Gasteiger charge is 2.11. The number of likely N-dealkylation sites (tertiary alicyclic amines) is 1. The number of hydrogen-bond acceptors (Lipinski definition) is 2. The molecule has 2 N–H and O–H groups in total. The first kappa shape index (κ1) is 13.2. The monoisotopic (exact) mass is 269 g/mol. The summed E-state index contributed by atoms with van der Waals surface area (Å²) in [5.41, 5.74) is 6.80. The Morgan fingerprint density at radius 1 is 1.39 bits per heavy atom. The van der Waals surface area contributed by atoms with E-state index in [2.05, 4.69) is 15.0 Å². The van der Waals surface area contributed by atoms with Gasteiger partial charge in [-0.3, -0.25) is 4.68 Å². The van der Waals surface area contributed by atoms with Crippen LogP contribution >= 0.6 is 11.6 Å². The lowest BCUT2D eigenvalue weighted by molar-refractivity contribution is 0.428. The number of aryl methyl sites for hydroxylation is 1. The first-order chi connectivity index (χ1) is 8.66. The summed E-state index contributed by atoms with van der Waals surface area (Å²) in [7, 11) is 1.84. The zero-order valence-corrected chi connectivity index (χ0v) is 11.5. The van der Waals surface area contributed by atoms with Crippen molar-refractivity contribution in [1.29, 1.82) is 0 Å². The SMILES string of the molecule is Cn1cc(Cl)c(CN=C(N)N2CCCCCC2)n1. The Hall–Kier alpha value is -1.23. The van der Waals surface area contributed by atoms with Gasteiger partial charge in [-0.15, -0.1) is 0 Å². The van der Waals surface area contributed by atoms with Crippen molar-refractivity contribution < 1.29 is 0 Å². The van der Waals surface area contributed by atoms with Crippen LogP contribution in [0.4, 0.5) is 0 Å². The molecule has 0 saturated carbocycles. The quantitative estimate of drug-likeness (QED) is 0.657. The maximum Gasteiger partial charge on any atom is 0.191 e. The fourth-order valence-corrected chi connectivity index (χ4v) is 2.41. The van der Waals surface area contributed by atoms with Crippen molar-refractivity contribution in [3.63, 3.8) is 0 Å². The molecule has 0 unspecified atom stereocenters. The predicted molar refractivity (Wildman–Crippen MR) is 73.6 cm³/mol. The summed E-state index contributed by atoms with van der Waals surface area (Å²) >= 11 is 6.03. The standard InChI is InChI=1S/C12H20ClN5/c1-17-9-10(13)11(16-17)8-15-12(14)18-6-4-2-3-5-7-18/h9H,2-8H2,1H3,(H2,14,15). The van der Waals surface area contributed by atoms with Crippen LogP contribution in [-0.2, 0) is 13.6 Å². The maximum atomic E-state index is 6.03. The van der Waals surface area contributed by atoms with Crippen LogP contribution in [0.1, 0.15) is 31.4 Å². The Morgan fingerprint density at radius 3 is 2.61 bits per heavy atom. The molecule has 18 heavy (non-hydrogen) atoms. The molecule has 0 aliphatic carbocycles. The van der Waals surface area contributed by atoms with Crippen LogP contribution in [0, 0.1) is 0 Å². The van der Waals surface area contributed by atoms with Crippen molar-refractivity contribution in [2.24, 2.45) is 17.8 Å². The summed E-state index contributed by atoms with van der Waals surface area (Å²) < 4.78 is 1.69. The molecule has 0 atom stereocenters. The maximum absolute atomic E-state index is 6.03. The third-order valence-corrected chi connectivity index (χ3v) is 3.49. The second kappa shape index (κ2) is 6.09. The van der Waals surface area contributed by atoms with Gasteiger partial charge in [-0.25, -0.2) is 4.99 Å². The number of aromatic nitrogens is 2. The first-order valence-corrected chi connectivity index (χ1v) is 6.77. The Bertz CT molecular complexity index is 418. The molecule has 1 saturated heterocycles. The smallest absolute Gasteiger partial charge is 0.191 e. The number of rotatable bonds is 2. The van der Waals surface area contributed by atoms with Gasteiger partial charge >= 0.3 is 0 Å². The molecular formula is C12H20ClN5. The van der Waals surface area contributed by atoms with Gasteiger partial charge in [0.2, 0.25) is 0 Å². The van der Waals surface area contributed by atoms with Crippen LogP contribution < -0.4 is 5.73 Å². The summed E-state index contributed by atoms with van der Waals surface area (Å²) in [5, 5.41) is 4.89. The zero-order valence-electron chi connectivity index (χ0n) is 10.8. The second-order valence-electron chi connectivity index (χ2n) is 4.67. The van der Waals surface area contributed by atoms with Crippen molar-refractivity contribution in [3.8, 4) is 0 Å². The van der Waals surface area contributed by atoms with Crippen molar-refractivity contribution in [2.75, 3.05) is 13.1 Å². The highest BCUT2D eigenvalue weighted by molar-refractivity contribution is 6.31. The number of guanidine groups is 1.